The second kappa shape index (κ2) is 8.75. The van der Waals surface area contributed by atoms with Crippen molar-refractivity contribution >= 4 is 28.2 Å². The first kappa shape index (κ1) is 19.7. The molecule has 6 nitrogen and oxygen atoms in total. The maximum absolute atomic E-state index is 12.1. The zero-order valence-electron chi connectivity index (χ0n) is 15.9. The molecular weight excluding hydrogens is 374 g/mol. The SMILES string of the molecule is CC(=O)c1cccc(OCC(=O)Nc2nnc(-c3ccc(C(C)C)cc3)s2)c1. The molecule has 0 aliphatic heterocycles. The number of anilines is 1. The number of carbonyl (C=O) groups is 2. The Balaban J connectivity index is 1.58. The highest BCUT2D eigenvalue weighted by molar-refractivity contribution is 7.18. The van der Waals surface area contributed by atoms with E-state index in [1.165, 1.54) is 23.8 Å². The Morgan fingerprint density at radius 3 is 2.54 bits per heavy atom. The molecule has 3 aromatic rings. The van der Waals surface area contributed by atoms with Gasteiger partial charge in [-0.1, -0.05) is 61.6 Å². The lowest BCUT2D eigenvalue weighted by Gasteiger charge is -2.06. The molecule has 0 spiro atoms. The van der Waals surface area contributed by atoms with Crippen LogP contribution >= 0.6 is 11.3 Å². The summed E-state index contributed by atoms with van der Waals surface area (Å²) in [5.41, 5.74) is 2.75. The monoisotopic (exact) mass is 395 g/mol. The second-order valence-electron chi connectivity index (χ2n) is 6.61. The van der Waals surface area contributed by atoms with Gasteiger partial charge < -0.3 is 4.74 Å². The van der Waals surface area contributed by atoms with Gasteiger partial charge in [-0.15, -0.1) is 10.2 Å². The van der Waals surface area contributed by atoms with Gasteiger partial charge in [0.05, 0.1) is 0 Å². The summed E-state index contributed by atoms with van der Waals surface area (Å²) in [5, 5.41) is 12.0. The lowest BCUT2D eigenvalue weighted by atomic mass is 10.0. The van der Waals surface area contributed by atoms with E-state index in [-0.39, 0.29) is 18.3 Å². The van der Waals surface area contributed by atoms with Crippen molar-refractivity contribution in [3.63, 3.8) is 0 Å². The minimum Gasteiger partial charge on any atom is -0.484 e. The predicted octanol–water partition coefficient (Wildman–Crippen LogP) is 4.55. The minimum absolute atomic E-state index is 0.0577. The smallest absolute Gasteiger partial charge is 0.264 e. The van der Waals surface area contributed by atoms with Crippen LogP contribution in [0.15, 0.2) is 48.5 Å². The van der Waals surface area contributed by atoms with E-state index < -0.39 is 0 Å². The molecule has 0 aliphatic carbocycles. The summed E-state index contributed by atoms with van der Waals surface area (Å²) in [5.74, 6) is 0.532. The molecule has 28 heavy (non-hydrogen) atoms. The van der Waals surface area contributed by atoms with Gasteiger partial charge in [-0.3, -0.25) is 14.9 Å². The van der Waals surface area contributed by atoms with Gasteiger partial charge in [-0.2, -0.15) is 0 Å². The number of rotatable bonds is 7. The van der Waals surface area contributed by atoms with Crippen molar-refractivity contribution < 1.29 is 14.3 Å². The molecule has 1 amide bonds. The van der Waals surface area contributed by atoms with Gasteiger partial charge in [0.15, 0.2) is 12.4 Å². The first-order valence-corrected chi connectivity index (χ1v) is 9.71. The molecule has 0 bridgehead atoms. The average molecular weight is 395 g/mol. The van der Waals surface area contributed by atoms with Crippen LogP contribution in [0.1, 0.15) is 42.6 Å². The van der Waals surface area contributed by atoms with E-state index in [1.54, 1.807) is 24.3 Å². The van der Waals surface area contributed by atoms with Crippen molar-refractivity contribution in [2.45, 2.75) is 26.7 Å². The molecule has 144 valence electrons. The van der Waals surface area contributed by atoms with E-state index in [2.05, 4.69) is 41.5 Å². The number of ketones is 1. The molecule has 0 radical (unpaired) electrons. The highest BCUT2D eigenvalue weighted by atomic mass is 32.1. The van der Waals surface area contributed by atoms with E-state index in [4.69, 9.17) is 4.74 Å². The van der Waals surface area contributed by atoms with Crippen LogP contribution in [0, 0.1) is 0 Å². The fourth-order valence-corrected chi connectivity index (χ4v) is 3.28. The number of Topliss-reactive ketones (excluding diaryl/α,β-unsaturated/α-hetero) is 1. The van der Waals surface area contributed by atoms with E-state index in [1.807, 2.05) is 12.1 Å². The van der Waals surface area contributed by atoms with Gasteiger partial charge >= 0.3 is 0 Å². The third-order valence-electron chi connectivity index (χ3n) is 4.11. The number of nitrogens with one attached hydrogen (secondary N) is 1. The van der Waals surface area contributed by atoms with Crippen LogP contribution in [-0.4, -0.2) is 28.5 Å². The molecule has 0 fully saturated rings. The quantitative estimate of drug-likeness (QED) is 0.594. The van der Waals surface area contributed by atoms with E-state index >= 15 is 0 Å². The Kier molecular flexibility index (Phi) is 6.16. The van der Waals surface area contributed by atoms with Crippen molar-refractivity contribution in [3.8, 4) is 16.3 Å². The normalized spacial score (nSPS) is 10.7. The number of ether oxygens (including phenoxy) is 1. The summed E-state index contributed by atoms with van der Waals surface area (Å²) < 4.78 is 5.45. The lowest BCUT2D eigenvalue weighted by Crippen LogP contribution is -2.20. The molecule has 2 aromatic carbocycles. The number of nitrogens with zero attached hydrogens (tertiary/aromatic N) is 2. The third kappa shape index (κ3) is 5.01. The number of carbonyl (C=O) groups excluding carboxylic acids is 2. The summed E-state index contributed by atoms with van der Waals surface area (Å²) in [6.45, 7) is 5.59. The number of hydrogen-bond donors (Lipinski definition) is 1. The van der Waals surface area contributed by atoms with Crippen LogP contribution in [0.2, 0.25) is 0 Å². The summed E-state index contributed by atoms with van der Waals surface area (Å²) in [7, 11) is 0. The Morgan fingerprint density at radius 2 is 1.86 bits per heavy atom. The Morgan fingerprint density at radius 1 is 1.11 bits per heavy atom. The van der Waals surface area contributed by atoms with Gasteiger partial charge in [-0.25, -0.2) is 0 Å². The fraction of sp³-hybridized carbons (Fsp3) is 0.238. The molecule has 3 rings (SSSR count). The summed E-state index contributed by atoms with van der Waals surface area (Å²) in [4.78, 5) is 23.5. The largest absolute Gasteiger partial charge is 0.484 e. The maximum atomic E-state index is 12.1. The zero-order chi connectivity index (χ0) is 20.1. The summed E-state index contributed by atoms with van der Waals surface area (Å²) >= 11 is 1.30. The highest BCUT2D eigenvalue weighted by Crippen LogP contribution is 2.27. The molecule has 0 atom stereocenters. The van der Waals surface area contributed by atoms with Crippen LogP contribution in [0.4, 0.5) is 5.13 Å². The molecule has 0 saturated heterocycles. The maximum Gasteiger partial charge on any atom is 0.264 e. The minimum atomic E-state index is -0.342. The first-order chi connectivity index (χ1) is 13.4. The van der Waals surface area contributed by atoms with Crippen molar-refractivity contribution in [2.75, 3.05) is 11.9 Å². The number of amides is 1. The Labute approximate surface area is 167 Å². The van der Waals surface area contributed by atoms with Gasteiger partial charge in [0.2, 0.25) is 5.13 Å². The van der Waals surface area contributed by atoms with Crippen LogP contribution in [0.3, 0.4) is 0 Å². The molecule has 7 heteroatoms. The average Bonchev–Trinajstić information content (AvgIpc) is 3.15. The molecule has 0 saturated carbocycles. The standard InChI is InChI=1S/C21H21N3O3S/c1-13(2)15-7-9-16(10-8-15)20-23-24-21(28-20)22-19(26)12-27-18-6-4-5-17(11-18)14(3)25/h4-11,13H,12H2,1-3H3,(H,22,24,26). The van der Waals surface area contributed by atoms with Crippen molar-refractivity contribution in [1.29, 1.82) is 0 Å². The van der Waals surface area contributed by atoms with Crippen LogP contribution in [-0.2, 0) is 4.79 Å². The Bertz CT molecular complexity index is 981. The lowest BCUT2D eigenvalue weighted by molar-refractivity contribution is -0.118. The van der Waals surface area contributed by atoms with Gasteiger partial charge in [0.1, 0.15) is 10.8 Å². The van der Waals surface area contributed by atoms with Crippen LogP contribution < -0.4 is 10.1 Å². The number of aromatic nitrogens is 2. The molecule has 0 unspecified atom stereocenters. The predicted molar refractivity (Wildman–Crippen MR) is 110 cm³/mol. The van der Waals surface area contributed by atoms with Crippen molar-refractivity contribution in [3.05, 3.63) is 59.7 Å². The molecule has 1 aromatic heterocycles. The van der Waals surface area contributed by atoms with Crippen LogP contribution in [0.25, 0.3) is 10.6 Å². The molecular formula is C21H21N3O3S. The van der Waals surface area contributed by atoms with Crippen LogP contribution in [0.5, 0.6) is 5.75 Å². The Hall–Kier alpha value is -3.06. The van der Waals surface area contributed by atoms with E-state index in [9.17, 15) is 9.59 Å². The van der Waals surface area contributed by atoms with E-state index in [0.29, 0.717) is 22.4 Å². The summed E-state index contributed by atoms with van der Waals surface area (Å²) in [6.07, 6.45) is 0. The van der Waals surface area contributed by atoms with E-state index in [0.717, 1.165) is 10.6 Å². The van der Waals surface area contributed by atoms with Crippen molar-refractivity contribution in [1.82, 2.24) is 10.2 Å². The highest BCUT2D eigenvalue weighted by Gasteiger charge is 2.11. The number of benzene rings is 2. The van der Waals surface area contributed by atoms with Gasteiger partial charge in [0.25, 0.3) is 5.91 Å². The van der Waals surface area contributed by atoms with Gasteiger partial charge in [-0.05, 0) is 30.5 Å². The summed E-state index contributed by atoms with van der Waals surface area (Å²) in [6, 6.07) is 14.9. The van der Waals surface area contributed by atoms with Gasteiger partial charge in [0, 0.05) is 11.1 Å². The topological polar surface area (TPSA) is 81.2 Å². The molecule has 0 aliphatic rings. The third-order valence-corrected chi connectivity index (χ3v) is 4.99. The molecule has 1 heterocycles. The second-order valence-corrected chi connectivity index (χ2v) is 7.59. The molecule has 1 N–H and O–H groups in total. The van der Waals surface area contributed by atoms with Crippen molar-refractivity contribution in [2.24, 2.45) is 0 Å². The number of hydrogen-bond acceptors (Lipinski definition) is 6. The zero-order valence-corrected chi connectivity index (χ0v) is 16.7. The first-order valence-electron chi connectivity index (χ1n) is 8.90. The fourth-order valence-electron chi connectivity index (χ4n) is 2.51.